The van der Waals surface area contributed by atoms with Crippen molar-refractivity contribution >= 4 is 0 Å². The molecule has 0 saturated carbocycles. The molecule has 0 aliphatic heterocycles. The van der Waals surface area contributed by atoms with Crippen LogP contribution in [0.5, 0.6) is 11.5 Å². The molecule has 3 aromatic carbocycles. The number of aliphatic hydroxyl groups is 1. The maximum absolute atomic E-state index is 12.8. The van der Waals surface area contributed by atoms with E-state index in [2.05, 4.69) is 41.5 Å². The third-order valence-electron chi connectivity index (χ3n) is 6.79. The van der Waals surface area contributed by atoms with Gasteiger partial charge in [-0.05, 0) is 58.2 Å². The maximum Gasteiger partial charge on any atom is 0.137 e. The lowest BCUT2D eigenvalue weighted by atomic mass is 9.73. The minimum atomic E-state index is -1.57. The molecule has 188 valence electrons. The molecule has 0 bridgehead atoms. The molecule has 4 heteroatoms. The van der Waals surface area contributed by atoms with E-state index in [1.807, 2.05) is 66.7 Å². The van der Waals surface area contributed by atoms with Gasteiger partial charge in [-0.15, -0.1) is 0 Å². The second-order valence-electron chi connectivity index (χ2n) is 11.4. The predicted molar refractivity (Wildman–Crippen MR) is 145 cm³/mol. The Morgan fingerprint density at radius 1 is 0.714 bits per heavy atom. The molecule has 1 atom stereocenters. The van der Waals surface area contributed by atoms with Crippen molar-refractivity contribution in [1.82, 2.24) is 0 Å². The van der Waals surface area contributed by atoms with Gasteiger partial charge in [-0.1, -0.05) is 84.0 Å². The molecule has 35 heavy (non-hydrogen) atoms. The zero-order valence-electron chi connectivity index (χ0n) is 22.5. The Labute approximate surface area is 211 Å². The normalized spacial score (nSPS) is 13.4. The van der Waals surface area contributed by atoms with Crippen molar-refractivity contribution in [2.45, 2.75) is 70.4 Å². The Morgan fingerprint density at radius 2 is 1.14 bits per heavy atom. The van der Waals surface area contributed by atoms with E-state index in [1.54, 1.807) is 14.2 Å². The van der Waals surface area contributed by atoms with Crippen LogP contribution in [0.4, 0.5) is 0 Å². The molecule has 3 aromatic rings. The fourth-order valence-electron chi connectivity index (χ4n) is 4.50. The van der Waals surface area contributed by atoms with Gasteiger partial charge in [0.15, 0.2) is 0 Å². The average molecular weight is 476 g/mol. The zero-order valence-corrected chi connectivity index (χ0v) is 22.5. The molecule has 0 aliphatic carbocycles. The second kappa shape index (κ2) is 10.0. The van der Waals surface area contributed by atoms with E-state index in [0.717, 1.165) is 16.7 Å². The smallest absolute Gasteiger partial charge is 0.137 e. The van der Waals surface area contributed by atoms with Crippen LogP contribution in [0.25, 0.3) is 0 Å². The van der Waals surface area contributed by atoms with Crippen LogP contribution >= 0.6 is 0 Å². The third kappa shape index (κ3) is 5.55. The lowest BCUT2D eigenvalue weighted by Crippen LogP contribution is -2.48. The molecule has 0 spiro atoms. The SMILES string of the molecule is COc1ccc(C(C)(C)C)cc1C(O)(c1cc(C(C)(C)C)ccc1OC)C(N)Cc1ccccc1. The monoisotopic (exact) mass is 475 g/mol. The standard InChI is InChI=1S/C31H41NO3/c1-29(2,3)22-14-16-26(34-7)24(19-22)31(33,28(32)18-21-12-10-9-11-13-21)25-20-23(30(4,5)6)15-17-27(25)35-8/h9-17,19-20,28,33H,18,32H2,1-8H3. The van der Waals surface area contributed by atoms with Crippen molar-refractivity contribution in [3.8, 4) is 11.5 Å². The summed E-state index contributed by atoms with van der Waals surface area (Å²) in [7, 11) is 3.25. The van der Waals surface area contributed by atoms with Crippen LogP contribution in [-0.2, 0) is 22.9 Å². The highest BCUT2D eigenvalue weighted by atomic mass is 16.5. The van der Waals surface area contributed by atoms with Crippen LogP contribution in [0.3, 0.4) is 0 Å². The van der Waals surface area contributed by atoms with Crippen molar-refractivity contribution in [3.05, 3.63) is 94.5 Å². The summed E-state index contributed by atoms with van der Waals surface area (Å²) in [5, 5.41) is 12.8. The minimum absolute atomic E-state index is 0.122. The molecule has 3 rings (SSSR count). The van der Waals surface area contributed by atoms with Crippen molar-refractivity contribution in [2.24, 2.45) is 5.73 Å². The van der Waals surface area contributed by atoms with Crippen molar-refractivity contribution < 1.29 is 14.6 Å². The molecule has 0 aromatic heterocycles. The number of methoxy groups -OCH3 is 2. The summed E-state index contributed by atoms with van der Waals surface area (Å²) in [6.45, 7) is 12.9. The Bertz CT molecular complexity index is 1070. The first kappa shape index (κ1) is 26.8. The molecule has 3 N–H and O–H groups in total. The number of hydrogen-bond donors (Lipinski definition) is 2. The molecular formula is C31H41NO3. The van der Waals surface area contributed by atoms with Crippen LogP contribution < -0.4 is 15.2 Å². The molecule has 0 radical (unpaired) electrons. The quantitative estimate of drug-likeness (QED) is 0.433. The van der Waals surface area contributed by atoms with E-state index >= 15 is 0 Å². The van der Waals surface area contributed by atoms with Crippen LogP contribution in [0, 0.1) is 0 Å². The highest BCUT2D eigenvalue weighted by molar-refractivity contribution is 5.54. The molecule has 1 unspecified atom stereocenters. The Balaban J connectivity index is 2.36. The topological polar surface area (TPSA) is 64.7 Å². The largest absolute Gasteiger partial charge is 0.496 e. The molecular weight excluding hydrogens is 434 g/mol. The Kier molecular flexibility index (Phi) is 7.68. The summed E-state index contributed by atoms with van der Waals surface area (Å²) in [5.41, 5.74) is 9.64. The second-order valence-corrected chi connectivity index (χ2v) is 11.4. The van der Waals surface area contributed by atoms with Crippen molar-refractivity contribution in [2.75, 3.05) is 14.2 Å². The first-order chi connectivity index (χ1) is 16.3. The summed E-state index contributed by atoms with van der Waals surface area (Å²) in [4.78, 5) is 0. The van der Waals surface area contributed by atoms with Gasteiger partial charge in [0, 0.05) is 17.2 Å². The van der Waals surface area contributed by atoms with Gasteiger partial charge in [0.25, 0.3) is 0 Å². The molecule has 0 amide bonds. The van der Waals surface area contributed by atoms with Gasteiger partial charge in [-0.2, -0.15) is 0 Å². The lowest BCUT2D eigenvalue weighted by molar-refractivity contribution is 0.0464. The average Bonchev–Trinajstić information content (AvgIpc) is 2.82. The summed E-state index contributed by atoms with van der Waals surface area (Å²) in [6, 6.07) is 21.4. The van der Waals surface area contributed by atoms with Gasteiger partial charge in [0.2, 0.25) is 0 Å². The maximum atomic E-state index is 12.8. The van der Waals surface area contributed by atoms with E-state index in [-0.39, 0.29) is 10.8 Å². The van der Waals surface area contributed by atoms with Crippen LogP contribution in [-0.4, -0.2) is 25.4 Å². The first-order valence-electron chi connectivity index (χ1n) is 12.2. The highest BCUT2D eigenvalue weighted by Gasteiger charge is 2.43. The fourth-order valence-corrected chi connectivity index (χ4v) is 4.50. The van der Waals surface area contributed by atoms with Gasteiger partial charge in [0.1, 0.15) is 17.1 Å². The number of nitrogens with two attached hydrogens (primary N) is 1. The van der Waals surface area contributed by atoms with Crippen LogP contribution in [0.1, 0.15) is 69.4 Å². The Morgan fingerprint density at radius 3 is 1.51 bits per heavy atom. The first-order valence-corrected chi connectivity index (χ1v) is 12.2. The minimum Gasteiger partial charge on any atom is -0.496 e. The van der Waals surface area contributed by atoms with Crippen molar-refractivity contribution in [3.63, 3.8) is 0 Å². The van der Waals surface area contributed by atoms with E-state index in [0.29, 0.717) is 29.0 Å². The number of ether oxygens (including phenoxy) is 2. The van der Waals surface area contributed by atoms with Crippen molar-refractivity contribution in [1.29, 1.82) is 0 Å². The van der Waals surface area contributed by atoms with Gasteiger partial charge in [0.05, 0.1) is 14.2 Å². The fraction of sp³-hybridized carbons (Fsp3) is 0.419. The summed E-state index contributed by atoms with van der Waals surface area (Å²) in [6.07, 6.45) is 0.475. The van der Waals surface area contributed by atoms with Gasteiger partial charge >= 0.3 is 0 Å². The summed E-state index contributed by atoms with van der Waals surface area (Å²) in [5.74, 6) is 1.18. The summed E-state index contributed by atoms with van der Waals surface area (Å²) >= 11 is 0. The van der Waals surface area contributed by atoms with Crippen LogP contribution in [0.15, 0.2) is 66.7 Å². The number of benzene rings is 3. The molecule has 0 aliphatic rings. The van der Waals surface area contributed by atoms with E-state index < -0.39 is 11.6 Å². The summed E-state index contributed by atoms with van der Waals surface area (Å²) < 4.78 is 11.6. The Hall–Kier alpha value is -2.82. The number of hydrogen-bond acceptors (Lipinski definition) is 4. The highest BCUT2D eigenvalue weighted by Crippen LogP contribution is 2.45. The molecule has 0 fully saturated rings. The molecule has 0 heterocycles. The predicted octanol–water partition coefficient (Wildman–Crippen LogP) is 6.10. The van der Waals surface area contributed by atoms with Gasteiger partial charge in [-0.25, -0.2) is 0 Å². The van der Waals surface area contributed by atoms with Crippen LogP contribution in [0.2, 0.25) is 0 Å². The zero-order chi connectivity index (χ0) is 26.0. The van der Waals surface area contributed by atoms with Gasteiger partial charge in [-0.3, -0.25) is 0 Å². The third-order valence-corrected chi connectivity index (χ3v) is 6.79. The molecule has 4 nitrogen and oxygen atoms in total. The van der Waals surface area contributed by atoms with E-state index in [4.69, 9.17) is 15.2 Å². The van der Waals surface area contributed by atoms with E-state index in [1.165, 1.54) is 0 Å². The lowest BCUT2D eigenvalue weighted by Gasteiger charge is -2.38. The van der Waals surface area contributed by atoms with E-state index in [9.17, 15) is 5.11 Å². The number of rotatable bonds is 7. The molecule has 0 saturated heterocycles. The van der Waals surface area contributed by atoms with Gasteiger partial charge < -0.3 is 20.3 Å².